The van der Waals surface area contributed by atoms with E-state index in [0.717, 1.165) is 24.2 Å². The number of nitrogens with one attached hydrogen (secondary N) is 1. The number of halogens is 2. The van der Waals surface area contributed by atoms with Gasteiger partial charge in [-0.05, 0) is 54.0 Å². The molecule has 1 aliphatic rings. The number of nitrogens with zero attached hydrogens (tertiary/aromatic N) is 1. The predicted octanol–water partition coefficient (Wildman–Crippen LogP) is 5.54. The van der Waals surface area contributed by atoms with E-state index in [4.69, 9.17) is 17.3 Å². The maximum absolute atomic E-state index is 15.7. The Kier molecular flexibility index (Phi) is 7.53. The highest BCUT2D eigenvalue weighted by Crippen LogP contribution is 2.44. The molecule has 1 aliphatic heterocycles. The number of carbonyl (C=O) groups is 1. The number of thioether (sulfide) groups is 1. The van der Waals surface area contributed by atoms with Crippen LogP contribution in [0.5, 0.6) is 0 Å². The molecule has 172 valence electrons. The molecule has 33 heavy (non-hydrogen) atoms. The van der Waals surface area contributed by atoms with E-state index in [2.05, 4.69) is 10.3 Å². The van der Waals surface area contributed by atoms with Crippen LogP contribution >= 0.6 is 23.4 Å². The van der Waals surface area contributed by atoms with E-state index in [0.29, 0.717) is 16.1 Å². The molecule has 0 bridgehead atoms. The van der Waals surface area contributed by atoms with E-state index in [-0.39, 0.29) is 28.8 Å². The van der Waals surface area contributed by atoms with Crippen molar-refractivity contribution in [2.45, 2.75) is 30.6 Å². The van der Waals surface area contributed by atoms with E-state index < -0.39 is 17.8 Å². The molecule has 0 spiro atoms. The van der Waals surface area contributed by atoms with Crippen LogP contribution in [0.4, 0.5) is 10.2 Å². The zero-order chi connectivity index (χ0) is 23.4. The Balaban J connectivity index is 1.68. The summed E-state index contributed by atoms with van der Waals surface area (Å²) < 4.78 is 15.7. The SMILES string of the molecule is Nc1nccc(C2CCCCS2)c1-c1cccc(C(=O)N[C@H](CO)c2cccc(Cl)c2)c1F. The average Bonchev–Trinajstić information content (AvgIpc) is 2.83. The number of anilines is 1. The minimum Gasteiger partial charge on any atom is -0.394 e. The summed E-state index contributed by atoms with van der Waals surface area (Å²) in [5.41, 5.74) is 8.44. The minimum absolute atomic E-state index is 0.126. The fraction of sp³-hybridized carbons (Fsp3) is 0.280. The first-order valence-corrected chi connectivity index (χ1v) is 12.2. The largest absolute Gasteiger partial charge is 0.394 e. The Bertz CT molecular complexity index is 1150. The molecule has 2 atom stereocenters. The van der Waals surface area contributed by atoms with Crippen LogP contribution in [0.3, 0.4) is 0 Å². The first kappa shape index (κ1) is 23.5. The molecule has 2 aromatic carbocycles. The van der Waals surface area contributed by atoms with E-state index in [1.807, 2.05) is 17.8 Å². The average molecular weight is 486 g/mol. The first-order chi connectivity index (χ1) is 16.0. The van der Waals surface area contributed by atoms with Gasteiger partial charge in [-0.2, -0.15) is 11.8 Å². The number of carbonyl (C=O) groups excluding carboxylic acids is 1. The number of benzene rings is 2. The van der Waals surface area contributed by atoms with Gasteiger partial charge in [0.25, 0.3) is 5.91 Å². The number of aromatic nitrogens is 1. The third kappa shape index (κ3) is 5.16. The van der Waals surface area contributed by atoms with E-state index in [1.165, 1.54) is 12.5 Å². The van der Waals surface area contributed by atoms with Crippen molar-refractivity contribution in [3.8, 4) is 11.1 Å². The maximum Gasteiger partial charge on any atom is 0.254 e. The summed E-state index contributed by atoms with van der Waals surface area (Å²) in [6.07, 6.45) is 4.91. The molecule has 0 saturated carbocycles. The van der Waals surface area contributed by atoms with Gasteiger partial charge in [-0.25, -0.2) is 9.37 Å². The molecule has 1 fully saturated rings. The summed E-state index contributed by atoms with van der Waals surface area (Å²) in [4.78, 5) is 17.2. The number of pyridine rings is 1. The van der Waals surface area contributed by atoms with Gasteiger partial charge in [0.05, 0.1) is 18.2 Å². The summed E-state index contributed by atoms with van der Waals surface area (Å²) in [7, 11) is 0. The van der Waals surface area contributed by atoms with Gasteiger partial charge in [-0.1, -0.05) is 42.3 Å². The van der Waals surface area contributed by atoms with Crippen molar-refractivity contribution >= 4 is 35.1 Å². The lowest BCUT2D eigenvalue weighted by Crippen LogP contribution is -2.31. The molecule has 3 aromatic rings. The number of nitrogen functional groups attached to an aromatic ring is 1. The minimum atomic E-state index is -0.725. The second-order valence-electron chi connectivity index (χ2n) is 7.95. The van der Waals surface area contributed by atoms with Gasteiger partial charge < -0.3 is 16.2 Å². The molecule has 1 amide bonds. The highest BCUT2D eigenvalue weighted by Gasteiger charge is 2.26. The number of hydrogen-bond acceptors (Lipinski definition) is 5. The van der Waals surface area contributed by atoms with Crippen LogP contribution in [0.15, 0.2) is 54.7 Å². The van der Waals surface area contributed by atoms with Crippen molar-refractivity contribution < 1.29 is 14.3 Å². The lowest BCUT2D eigenvalue weighted by molar-refractivity contribution is 0.0912. The van der Waals surface area contributed by atoms with Crippen LogP contribution in [0, 0.1) is 5.82 Å². The Morgan fingerprint density at radius 2 is 2.09 bits per heavy atom. The molecule has 0 radical (unpaired) electrons. The van der Waals surface area contributed by atoms with Gasteiger partial charge in [-0.15, -0.1) is 0 Å². The Labute approximate surface area is 201 Å². The zero-order valence-electron chi connectivity index (χ0n) is 17.9. The highest BCUT2D eigenvalue weighted by atomic mass is 35.5. The van der Waals surface area contributed by atoms with Crippen LogP contribution in [0.25, 0.3) is 11.1 Å². The molecule has 2 heterocycles. The standard InChI is InChI=1S/C25H25ClFN3O2S/c26-16-6-3-5-15(13-16)20(14-31)30-25(32)19-8-4-7-18(23(19)27)22-17(10-11-29-24(22)28)21-9-1-2-12-33-21/h3-8,10-11,13,20-21,31H,1-2,9,12,14H2,(H2,28,29)(H,30,32)/t20-,21?/m1/s1. The molecule has 1 aromatic heterocycles. The second-order valence-corrected chi connectivity index (χ2v) is 9.69. The van der Waals surface area contributed by atoms with Crippen molar-refractivity contribution in [2.24, 2.45) is 0 Å². The molecule has 1 unspecified atom stereocenters. The first-order valence-electron chi connectivity index (χ1n) is 10.8. The summed E-state index contributed by atoms with van der Waals surface area (Å²) >= 11 is 7.87. The van der Waals surface area contributed by atoms with Crippen LogP contribution in [0.2, 0.25) is 5.02 Å². The summed E-state index contributed by atoms with van der Waals surface area (Å²) in [6.45, 7) is -0.355. The maximum atomic E-state index is 15.7. The Hall–Kier alpha value is -2.61. The Morgan fingerprint density at radius 3 is 2.82 bits per heavy atom. The summed E-state index contributed by atoms with van der Waals surface area (Å²) in [5.74, 6) is -0.0187. The number of nitrogens with two attached hydrogens (primary N) is 1. The molecule has 0 aliphatic carbocycles. The predicted molar refractivity (Wildman–Crippen MR) is 132 cm³/mol. The Morgan fingerprint density at radius 1 is 1.27 bits per heavy atom. The van der Waals surface area contributed by atoms with Gasteiger partial charge in [0.2, 0.25) is 0 Å². The number of aliphatic hydroxyl groups excluding tert-OH is 1. The molecule has 4 N–H and O–H groups in total. The molecule has 5 nitrogen and oxygen atoms in total. The monoisotopic (exact) mass is 485 g/mol. The second kappa shape index (κ2) is 10.5. The van der Waals surface area contributed by atoms with E-state index in [9.17, 15) is 9.90 Å². The third-order valence-electron chi connectivity index (χ3n) is 5.79. The third-order valence-corrected chi connectivity index (χ3v) is 7.44. The lowest BCUT2D eigenvalue weighted by Gasteiger charge is -2.25. The summed E-state index contributed by atoms with van der Waals surface area (Å²) in [6, 6.07) is 12.7. The van der Waals surface area contributed by atoms with Gasteiger partial charge in [0.1, 0.15) is 11.6 Å². The van der Waals surface area contributed by atoms with Crippen LogP contribution in [-0.2, 0) is 0 Å². The normalized spacial score (nSPS) is 16.9. The fourth-order valence-electron chi connectivity index (χ4n) is 4.14. The molecule has 8 heteroatoms. The molecule has 4 rings (SSSR count). The number of hydrogen-bond donors (Lipinski definition) is 3. The van der Waals surface area contributed by atoms with E-state index in [1.54, 1.807) is 42.6 Å². The van der Waals surface area contributed by atoms with Crippen molar-refractivity contribution in [2.75, 3.05) is 18.1 Å². The van der Waals surface area contributed by atoms with Gasteiger partial charge >= 0.3 is 0 Å². The van der Waals surface area contributed by atoms with Gasteiger partial charge in [0.15, 0.2) is 0 Å². The quantitative estimate of drug-likeness (QED) is 0.426. The number of amides is 1. The number of rotatable bonds is 6. The van der Waals surface area contributed by atoms with Crippen molar-refractivity contribution in [3.63, 3.8) is 0 Å². The number of aliphatic hydroxyl groups is 1. The van der Waals surface area contributed by atoms with Crippen LogP contribution in [-0.4, -0.2) is 28.4 Å². The highest BCUT2D eigenvalue weighted by molar-refractivity contribution is 7.99. The molecule has 1 saturated heterocycles. The topological polar surface area (TPSA) is 88.2 Å². The van der Waals surface area contributed by atoms with Crippen LogP contribution < -0.4 is 11.1 Å². The van der Waals surface area contributed by atoms with E-state index >= 15 is 4.39 Å². The summed E-state index contributed by atoms with van der Waals surface area (Å²) in [5, 5.41) is 13.2. The lowest BCUT2D eigenvalue weighted by atomic mass is 9.94. The smallest absolute Gasteiger partial charge is 0.254 e. The van der Waals surface area contributed by atoms with Crippen LogP contribution in [0.1, 0.15) is 52.0 Å². The van der Waals surface area contributed by atoms with Gasteiger partial charge in [-0.3, -0.25) is 4.79 Å². The van der Waals surface area contributed by atoms with Crippen molar-refractivity contribution in [3.05, 3.63) is 82.3 Å². The molecular weight excluding hydrogens is 461 g/mol. The van der Waals surface area contributed by atoms with Gasteiger partial charge in [0, 0.05) is 27.6 Å². The van der Waals surface area contributed by atoms with Crippen molar-refractivity contribution in [1.29, 1.82) is 0 Å². The fourth-order valence-corrected chi connectivity index (χ4v) is 5.70. The zero-order valence-corrected chi connectivity index (χ0v) is 19.5. The van der Waals surface area contributed by atoms with Crippen molar-refractivity contribution in [1.82, 2.24) is 10.3 Å². The molecular formula is C25H25ClFN3O2S.